The van der Waals surface area contributed by atoms with E-state index in [0.29, 0.717) is 0 Å². The third-order valence-corrected chi connectivity index (χ3v) is 6.97. The lowest BCUT2D eigenvalue weighted by Crippen LogP contribution is -2.40. The number of nitrogens with zero attached hydrogens (tertiary/aromatic N) is 1. The first kappa shape index (κ1) is 21.9. The fraction of sp³-hybridized carbons (Fsp3) is 0.857. The fourth-order valence-corrected chi connectivity index (χ4v) is 6.45. The van der Waals surface area contributed by atoms with E-state index in [0.717, 1.165) is 0 Å². The normalized spacial score (nSPS) is 12.6. The lowest BCUT2D eigenvalue weighted by Gasteiger charge is -2.18. The fourth-order valence-electron chi connectivity index (χ4n) is 2.24. The predicted molar refractivity (Wildman–Crippen MR) is 89.1 cm³/mol. The van der Waals surface area contributed by atoms with Crippen LogP contribution < -0.4 is 5.32 Å². The highest BCUT2D eigenvalue weighted by molar-refractivity contribution is 7.92. The van der Waals surface area contributed by atoms with Crippen LogP contribution >= 0.6 is 0 Å². The Bertz CT molecular complexity index is 589. The summed E-state index contributed by atoms with van der Waals surface area (Å²) >= 11 is 0. The molecule has 0 aliphatic carbocycles. The smallest absolute Gasteiger partial charge is 0.225 e. The number of nitriles is 1. The summed E-state index contributed by atoms with van der Waals surface area (Å²) in [7, 11) is -7.12. The summed E-state index contributed by atoms with van der Waals surface area (Å²) in [5.74, 6) is -3.43. The molecule has 9 heteroatoms. The molecule has 0 saturated carbocycles. The minimum atomic E-state index is -3.56. The molecule has 1 amide bonds. The van der Waals surface area contributed by atoms with E-state index in [-0.39, 0.29) is 29.9 Å². The van der Waals surface area contributed by atoms with Gasteiger partial charge in [-0.3, -0.25) is 4.79 Å². The Hall–Kier alpha value is -1.14. The van der Waals surface area contributed by atoms with Crippen LogP contribution in [0.15, 0.2) is 0 Å². The second kappa shape index (κ2) is 9.23. The monoisotopic (exact) mass is 366 g/mol. The van der Waals surface area contributed by atoms with Crippen LogP contribution in [0.3, 0.4) is 0 Å². The van der Waals surface area contributed by atoms with Crippen molar-refractivity contribution in [2.45, 2.75) is 27.7 Å². The lowest BCUT2D eigenvalue weighted by molar-refractivity contribution is -0.123. The minimum absolute atomic E-state index is 0.112. The van der Waals surface area contributed by atoms with Gasteiger partial charge in [0.15, 0.2) is 19.7 Å². The topological polar surface area (TPSA) is 121 Å². The van der Waals surface area contributed by atoms with E-state index < -0.39 is 43.0 Å². The molecule has 0 fully saturated rings. The molecule has 0 heterocycles. The van der Waals surface area contributed by atoms with Gasteiger partial charge >= 0.3 is 0 Å². The van der Waals surface area contributed by atoms with Crippen LogP contribution in [-0.4, -0.2) is 52.3 Å². The van der Waals surface area contributed by atoms with E-state index in [1.54, 1.807) is 33.8 Å². The predicted octanol–water partition coefficient (Wildman–Crippen LogP) is 0.384. The van der Waals surface area contributed by atoms with Gasteiger partial charge in [0.2, 0.25) is 5.91 Å². The molecule has 0 aliphatic rings. The van der Waals surface area contributed by atoms with Gasteiger partial charge in [-0.1, -0.05) is 27.7 Å². The molecule has 0 radical (unpaired) electrons. The highest BCUT2D eigenvalue weighted by atomic mass is 32.2. The van der Waals surface area contributed by atoms with E-state index in [4.69, 9.17) is 5.26 Å². The number of rotatable bonds is 10. The number of carbonyl (C=O) groups excluding carboxylic acids is 1. The Morgan fingerprint density at radius 2 is 1.30 bits per heavy atom. The van der Waals surface area contributed by atoms with Gasteiger partial charge in [-0.15, -0.1) is 0 Å². The van der Waals surface area contributed by atoms with Crippen molar-refractivity contribution in [2.24, 2.45) is 17.8 Å². The van der Waals surface area contributed by atoms with Crippen molar-refractivity contribution in [3.63, 3.8) is 0 Å². The zero-order chi connectivity index (χ0) is 18.3. The lowest BCUT2D eigenvalue weighted by atomic mass is 10.2. The van der Waals surface area contributed by atoms with Crippen molar-refractivity contribution >= 4 is 25.6 Å². The summed E-state index contributed by atoms with van der Waals surface area (Å²) in [5, 5.41) is 10.8. The molecule has 0 aromatic carbocycles. The summed E-state index contributed by atoms with van der Waals surface area (Å²) in [5.41, 5.74) is 0. The van der Waals surface area contributed by atoms with Crippen LogP contribution in [-0.2, 0) is 24.5 Å². The first-order valence-electron chi connectivity index (χ1n) is 7.44. The second-order valence-electron chi connectivity index (χ2n) is 6.51. The molecule has 0 aromatic rings. The molecule has 134 valence electrons. The molecule has 0 spiro atoms. The van der Waals surface area contributed by atoms with Gasteiger partial charge in [-0.25, -0.2) is 16.8 Å². The summed E-state index contributed by atoms with van der Waals surface area (Å²) in [4.78, 5) is 12.0. The van der Waals surface area contributed by atoms with Crippen molar-refractivity contribution in [1.29, 1.82) is 5.26 Å². The molecule has 0 aromatic heterocycles. The Labute approximate surface area is 139 Å². The van der Waals surface area contributed by atoms with Crippen molar-refractivity contribution in [3.05, 3.63) is 0 Å². The van der Waals surface area contributed by atoms with Crippen LogP contribution in [0.2, 0.25) is 0 Å². The minimum Gasteiger partial charge on any atom is -0.343 e. The van der Waals surface area contributed by atoms with Gasteiger partial charge in [0, 0.05) is 0 Å². The van der Waals surface area contributed by atoms with Crippen LogP contribution in [0.1, 0.15) is 27.7 Å². The molecule has 0 unspecified atom stereocenters. The number of hydrogen-bond donors (Lipinski definition) is 1. The SMILES string of the molecule is CC(C)CS(=O)(=O)CC(CS(=O)(=O)CC(C)C)C(=O)NCC#N. The Kier molecular flexibility index (Phi) is 8.77. The summed E-state index contributed by atoms with van der Waals surface area (Å²) in [6.07, 6.45) is 0. The third kappa shape index (κ3) is 10.3. The molecule has 1 N–H and O–H groups in total. The summed E-state index contributed by atoms with van der Waals surface area (Å²) in [6.45, 7) is 6.65. The number of hydrogen-bond acceptors (Lipinski definition) is 6. The zero-order valence-electron chi connectivity index (χ0n) is 14.1. The maximum absolute atomic E-state index is 12.1. The van der Waals surface area contributed by atoms with E-state index in [9.17, 15) is 21.6 Å². The van der Waals surface area contributed by atoms with Gasteiger partial charge in [-0.2, -0.15) is 5.26 Å². The van der Waals surface area contributed by atoms with Crippen molar-refractivity contribution in [3.8, 4) is 6.07 Å². The Balaban J connectivity index is 5.26. The molecule has 0 bridgehead atoms. The van der Waals surface area contributed by atoms with Crippen molar-refractivity contribution in [2.75, 3.05) is 29.6 Å². The highest BCUT2D eigenvalue weighted by Crippen LogP contribution is 2.12. The number of carbonyl (C=O) groups is 1. The first-order valence-corrected chi connectivity index (χ1v) is 11.1. The van der Waals surface area contributed by atoms with Gasteiger partial charge in [-0.05, 0) is 11.8 Å². The van der Waals surface area contributed by atoms with Crippen LogP contribution in [0.5, 0.6) is 0 Å². The quantitative estimate of drug-likeness (QED) is 0.558. The average molecular weight is 367 g/mol. The maximum Gasteiger partial charge on any atom is 0.225 e. The Morgan fingerprint density at radius 3 is 1.61 bits per heavy atom. The van der Waals surface area contributed by atoms with Gasteiger partial charge in [0.25, 0.3) is 0 Å². The molecule has 0 saturated heterocycles. The van der Waals surface area contributed by atoms with E-state index in [1.165, 1.54) is 0 Å². The molecule has 0 atom stereocenters. The maximum atomic E-state index is 12.1. The molecule has 0 aliphatic heterocycles. The van der Waals surface area contributed by atoms with Crippen molar-refractivity contribution < 1.29 is 21.6 Å². The summed E-state index contributed by atoms with van der Waals surface area (Å²) in [6, 6.07) is 1.71. The molecule has 23 heavy (non-hydrogen) atoms. The molecular weight excluding hydrogens is 340 g/mol. The standard InChI is InChI=1S/C14H26N2O5S2/c1-11(2)7-22(18,19)9-13(14(17)16-6-5-15)10-23(20,21)8-12(3)4/h11-13H,6-10H2,1-4H3,(H,16,17). The van der Waals surface area contributed by atoms with Gasteiger partial charge < -0.3 is 5.32 Å². The van der Waals surface area contributed by atoms with Gasteiger partial charge in [0.05, 0.1) is 35.0 Å². The molecule has 0 rings (SSSR count). The van der Waals surface area contributed by atoms with E-state index >= 15 is 0 Å². The number of nitrogens with one attached hydrogen (secondary N) is 1. The largest absolute Gasteiger partial charge is 0.343 e. The summed E-state index contributed by atoms with van der Waals surface area (Å²) < 4.78 is 48.4. The molecular formula is C14H26N2O5S2. The zero-order valence-corrected chi connectivity index (χ0v) is 15.7. The number of sulfone groups is 2. The average Bonchev–Trinajstić information content (AvgIpc) is 2.30. The third-order valence-electron chi connectivity index (χ3n) is 2.80. The van der Waals surface area contributed by atoms with Crippen LogP contribution in [0, 0.1) is 29.1 Å². The van der Waals surface area contributed by atoms with Crippen LogP contribution in [0.25, 0.3) is 0 Å². The van der Waals surface area contributed by atoms with E-state index in [2.05, 4.69) is 5.32 Å². The molecule has 7 nitrogen and oxygen atoms in total. The second-order valence-corrected chi connectivity index (χ2v) is 10.8. The Morgan fingerprint density at radius 1 is 0.913 bits per heavy atom. The van der Waals surface area contributed by atoms with Crippen LogP contribution in [0.4, 0.5) is 0 Å². The van der Waals surface area contributed by atoms with Gasteiger partial charge in [0.1, 0.15) is 6.54 Å². The van der Waals surface area contributed by atoms with Crippen molar-refractivity contribution in [1.82, 2.24) is 5.32 Å². The number of amides is 1. The highest BCUT2D eigenvalue weighted by Gasteiger charge is 2.31. The first-order chi connectivity index (χ1) is 10.4. The van der Waals surface area contributed by atoms with E-state index in [1.807, 2.05) is 0 Å².